The quantitative estimate of drug-likeness (QED) is 0.491. The molecule has 1 heterocycles. The van der Waals surface area contributed by atoms with Crippen LogP contribution in [0.5, 0.6) is 0 Å². The fraction of sp³-hybridized carbons (Fsp3) is 0.500. The van der Waals surface area contributed by atoms with E-state index in [9.17, 15) is 14.4 Å². The van der Waals surface area contributed by atoms with Crippen molar-refractivity contribution < 1.29 is 24.6 Å². The summed E-state index contributed by atoms with van der Waals surface area (Å²) in [7, 11) is 0. The van der Waals surface area contributed by atoms with Crippen LogP contribution in [0.15, 0.2) is 0 Å². The van der Waals surface area contributed by atoms with Gasteiger partial charge in [-0.2, -0.15) is 0 Å². The maximum atomic E-state index is 11.1. The van der Waals surface area contributed by atoms with Crippen LogP contribution in [-0.2, 0) is 9.59 Å². The number of imide groups is 2. The Morgan fingerprint density at radius 2 is 1.38 bits per heavy atom. The third-order valence-corrected chi connectivity index (χ3v) is 1.65. The molecule has 7 heteroatoms. The topological polar surface area (TPSA) is 98.2 Å². The first kappa shape index (κ1) is 9.62. The summed E-state index contributed by atoms with van der Waals surface area (Å²) in [5.74, 6) is -1.52. The number of amides is 4. The zero-order valence-electron chi connectivity index (χ0n) is 6.63. The largest absolute Gasteiger partial charge is 0.376 e. The summed E-state index contributed by atoms with van der Waals surface area (Å²) < 4.78 is 0. The molecule has 2 N–H and O–H groups in total. The molecule has 7 nitrogen and oxygen atoms in total. The van der Waals surface area contributed by atoms with Crippen molar-refractivity contribution in [2.24, 2.45) is 0 Å². The second kappa shape index (κ2) is 3.50. The number of rotatable bonds is 2. The average Bonchev–Trinajstić information content (AvgIpc) is 2.04. The zero-order valence-corrected chi connectivity index (χ0v) is 6.63. The molecule has 1 aliphatic heterocycles. The molecular weight excluding hydrogens is 180 g/mol. The van der Waals surface area contributed by atoms with Gasteiger partial charge in [-0.1, -0.05) is 0 Å². The highest BCUT2D eigenvalue weighted by atomic mass is 16.3. The highest BCUT2D eigenvalue weighted by Crippen LogP contribution is 2.09. The fourth-order valence-corrected chi connectivity index (χ4v) is 0.958. The van der Waals surface area contributed by atoms with Crippen LogP contribution >= 0.6 is 0 Å². The molecule has 1 fully saturated rings. The monoisotopic (exact) mass is 188 g/mol. The van der Waals surface area contributed by atoms with Gasteiger partial charge in [-0.05, 0) is 0 Å². The first-order valence-corrected chi connectivity index (χ1v) is 3.48. The minimum absolute atomic E-state index is 0.484. The van der Waals surface area contributed by atoms with Crippen molar-refractivity contribution in [3.8, 4) is 0 Å². The van der Waals surface area contributed by atoms with Gasteiger partial charge >= 0.3 is 6.03 Å². The second-order valence-electron chi connectivity index (χ2n) is 2.39. The molecule has 0 aromatic carbocycles. The van der Waals surface area contributed by atoms with Crippen LogP contribution in [0.4, 0.5) is 4.79 Å². The smallest absolute Gasteiger partial charge is 0.337 e. The Kier molecular flexibility index (Phi) is 2.59. The first-order valence-electron chi connectivity index (χ1n) is 3.48. The van der Waals surface area contributed by atoms with Gasteiger partial charge in [0.1, 0.15) is 19.9 Å². The van der Waals surface area contributed by atoms with Crippen molar-refractivity contribution in [1.82, 2.24) is 9.80 Å². The van der Waals surface area contributed by atoms with Crippen molar-refractivity contribution in [2.45, 2.75) is 6.42 Å². The van der Waals surface area contributed by atoms with E-state index in [1.165, 1.54) is 0 Å². The summed E-state index contributed by atoms with van der Waals surface area (Å²) in [6.45, 7) is -1.58. The lowest BCUT2D eigenvalue weighted by Crippen LogP contribution is -2.55. The number of carbonyl (C=O) groups excluding carboxylic acids is 3. The average molecular weight is 188 g/mol. The molecule has 0 saturated carbocycles. The molecule has 1 rings (SSSR count). The van der Waals surface area contributed by atoms with Gasteiger partial charge in [0.25, 0.3) is 0 Å². The first-order chi connectivity index (χ1) is 6.11. The van der Waals surface area contributed by atoms with Gasteiger partial charge in [-0.25, -0.2) is 14.6 Å². The van der Waals surface area contributed by atoms with Crippen LogP contribution in [0, 0.1) is 0 Å². The van der Waals surface area contributed by atoms with E-state index in [1.807, 2.05) is 0 Å². The van der Waals surface area contributed by atoms with Gasteiger partial charge in [0.2, 0.25) is 11.8 Å². The normalized spacial score (nSPS) is 18.5. The van der Waals surface area contributed by atoms with Crippen LogP contribution in [-0.4, -0.2) is 51.3 Å². The van der Waals surface area contributed by atoms with Gasteiger partial charge in [-0.3, -0.25) is 9.59 Å². The van der Waals surface area contributed by atoms with Gasteiger partial charge in [0, 0.05) is 0 Å². The fourth-order valence-electron chi connectivity index (χ4n) is 0.958. The van der Waals surface area contributed by atoms with E-state index in [4.69, 9.17) is 10.2 Å². The molecule has 13 heavy (non-hydrogen) atoms. The molecule has 0 aliphatic carbocycles. The number of aliphatic hydroxyl groups is 2. The number of aliphatic hydroxyl groups excluding tert-OH is 2. The Morgan fingerprint density at radius 3 is 1.69 bits per heavy atom. The van der Waals surface area contributed by atoms with Crippen LogP contribution in [0.3, 0.4) is 0 Å². The van der Waals surface area contributed by atoms with Gasteiger partial charge in [-0.15, -0.1) is 0 Å². The van der Waals surface area contributed by atoms with E-state index in [1.54, 1.807) is 0 Å². The summed E-state index contributed by atoms with van der Waals surface area (Å²) in [4.78, 5) is 33.9. The van der Waals surface area contributed by atoms with Crippen molar-refractivity contribution in [3.63, 3.8) is 0 Å². The Balaban J connectivity index is 2.87. The molecule has 4 amide bonds. The highest BCUT2D eigenvalue weighted by Gasteiger charge is 2.36. The molecule has 0 unspecified atom stereocenters. The summed E-state index contributed by atoms with van der Waals surface area (Å²) >= 11 is 0. The molecule has 1 aliphatic rings. The summed E-state index contributed by atoms with van der Waals surface area (Å²) in [5.41, 5.74) is 0. The number of carbonyl (C=O) groups is 3. The SMILES string of the molecule is O=C1CC(=O)N(CO)C(=O)N1CO. The van der Waals surface area contributed by atoms with Crippen LogP contribution < -0.4 is 0 Å². The lowest BCUT2D eigenvalue weighted by molar-refractivity contribution is -0.146. The van der Waals surface area contributed by atoms with E-state index in [-0.39, 0.29) is 0 Å². The van der Waals surface area contributed by atoms with E-state index in [0.717, 1.165) is 0 Å². The Bertz CT molecular complexity index is 240. The minimum Gasteiger partial charge on any atom is -0.376 e. The van der Waals surface area contributed by atoms with E-state index >= 15 is 0 Å². The molecule has 72 valence electrons. The predicted molar refractivity (Wildman–Crippen MR) is 37.9 cm³/mol. The van der Waals surface area contributed by atoms with Gasteiger partial charge in [0.15, 0.2) is 0 Å². The lowest BCUT2D eigenvalue weighted by Gasteiger charge is -2.29. The van der Waals surface area contributed by atoms with Crippen molar-refractivity contribution >= 4 is 17.8 Å². The van der Waals surface area contributed by atoms with E-state index in [2.05, 4.69) is 0 Å². The third kappa shape index (κ3) is 1.51. The van der Waals surface area contributed by atoms with Crippen molar-refractivity contribution in [1.29, 1.82) is 0 Å². The molecule has 0 bridgehead atoms. The maximum Gasteiger partial charge on any atom is 0.337 e. The Hall–Kier alpha value is -1.47. The number of hydrogen-bond donors (Lipinski definition) is 2. The Labute approximate surface area is 73.2 Å². The van der Waals surface area contributed by atoms with Gasteiger partial charge in [0.05, 0.1) is 0 Å². The number of barbiturate groups is 1. The van der Waals surface area contributed by atoms with Crippen LogP contribution in [0.25, 0.3) is 0 Å². The molecular formula is C6H8N2O5. The number of hydrogen-bond acceptors (Lipinski definition) is 5. The maximum absolute atomic E-state index is 11.1. The van der Waals surface area contributed by atoms with E-state index in [0.29, 0.717) is 9.80 Å². The standard InChI is InChI=1S/C6H8N2O5/c9-2-7-4(11)1-5(12)8(3-10)6(7)13/h9-10H,1-3H2. The zero-order chi connectivity index (χ0) is 10.0. The van der Waals surface area contributed by atoms with Crippen molar-refractivity contribution in [2.75, 3.05) is 13.5 Å². The molecule has 0 atom stereocenters. The molecule has 0 aromatic rings. The number of urea groups is 1. The summed E-state index contributed by atoms with van der Waals surface area (Å²) in [6.07, 6.45) is -0.507. The van der Waals surface area contributed by atoms with Crippen LogP contribution in [0.1, 0.15) is 6.42 Å². The lowest BCUT2D eigenvalue weighted by atomic mass is 10.3. The molecule has 0 radical (unpaired) electrons. The van der Waals surface area contributed by atoms with Crippen molar-refractivity contribution in [3.05, 3.63) is 0 Å². The third-order valence-electron chi connectivity index (χ3n) is 1.65. The predicted octanol–water partition coefficient (Wildman–Crippen LogP) is -1.93. The van der Waals surface area contributed by atoms with E-state index < -0.39 is 37.7 Å². The number of nitrogens with zero attached hydrogens (tertiary/aromatic N) is 2. The second-order valence-corrected chi connectivity index (χ2v) is 2.39. The Morgan fingerprint density at radius 1 is 1.00 bits per heavy atom. The van der Waals surface area contributed by atoms with Gasteiger partial charge < -0.3 is 10.2 Å². The minimum atomic E-state index is -0.994. The molecule has 0 aromatic heterocycles. The molecule has 1 saturated heterocycles. The molecule has 0 spiro atoms. The van der Waals surface area contributed by atoms with Crippen LogP contribution in [0.2, 0.25) is 0 Å². The summed E-state index contributed by atoms with van der Waals surface area (Å²) in [5, 5.41) is 17.2. The highest BCUT2D eigenvalue weighted by molar-refractivity contribution is 6.13. The summed E-state index contributed by atoms with van der Waals surface area (Å²) in [6, 6.07) is -0.994.